The maximum Gasteiger partial charge on any atom is 0.120 e. The average Bonchev–Trinajstić information content (AvgIpc) is 2.43. The van der Waals surface area contributed by atoms with Gasteiger partial charge in [-0.25, -0.2) is 0 Å². The van der Waals surface area contributed by atoms with Crippen LogP contribution in [0.3, 0.4) is 0 Å². The highest BCUT2D eigenvalue weighted by Gasteiger charge is 2.19. The molecule has 0 N–H and O–H groups in total. The Bertz CT molecular complexity index is 159. The van der Waals surface area contributed by atoms with Gasteiger partial charge in [-0.2, -0.15) is 0 Å². The minimum Gasteiger partial charge on any atom is -0.361 e. The summed E-state index contributed by atoms with van der Waals surface area (Å²) in [6.07, 6.45) is 4.65. The summed E-state index contributed by atoms with van der Waals surface area (Å²) in [6, 6.07) is 0. The van der Waals surface area contributed by atoms with Crippen LogP contribution in [0.25, 0.3) is 0 Å². The van der Waals surface area contributed by atoms with Crippen LogP contribution < -0.4 is 0 Å². The minimum absolute atomic E-state index is 0.446. The first-order chi connectivity index (χ1) is 5.79. The summed E-state index contributed by atoms with van der Waals surface area (Å²) in [5.74, 6) is 0. The van der Waals surface area contributed by atoms with Gasteiger partial charge in [0.25, 0.3) is 0 Å². The predicted octanol–water partition coefficient (Wildman–Crippen LogP) is 1.44. The second kappa shape index (κ2) is 4.36. The van der Waals surface area contributed by atoms with Crippen LogP contribution in [0.2, 0.25) is 0 Å². The fourth-order valence-corrected chi connectivity index (χ4v) is 1.33. The van der Waals surface area contributed by atoms with Crippen LogP contribution in [-0.4, -0.2) is 35.8 Å². The molecule has 0 fully saturated rings. The van der Waals surface area contributed by atoms with Gasteiger partial charge in [-0.1, -0.05) is 0 Å². The Morgan fingerprint density at radius 3 is 2.42 bits per heavy atom. The molecule has 1 unspecified atom stereocenters. The number of nitrogens with zero attached hydrogens (tertiary/aromatic N) is 2. The second-order valence-corrected chi connectivity index (χ2v) is 2.90. The highest BCUT2D eigenvalue weighted by molar-refractivity contribution is 4.93. The van der Waals surface area contributed by atoms with E-state index >= 15 is 0 Å². The first-order valence-electron chi connectivity index (χ1n) is 4.57. The third-order valence-electron chi connectivity index (χ3n) is 2.22. The van der Waals surface area contributed by atoms with Gasteiger partial charge < -0.3 is 14.5 Å². The molecule has 12 heavy (non-hydrogen) atoms. The Kier molecular flexibility index (Phi) is 3.41. The Balaban J connectivity index is 2.34. The van der Waals surface area contributed by atoms with Crippen LogP contribution in [0.4, 0.5) is 0 Å². The van der Waals surface area contributed by atoms with E-state index in [0.29, 0.717) is 12.9 Å². The van der Waals surface area contributed by atoms with Gasteiger partial charge in [0.05, 0.1) is 6.17 Å². The first kappa shape index (κ1) is 9.39. The van der Waals surface area contributed by atoms with Crippen molar-refractivity contribution in [3.8, 4) is 0 Å². The van der Waals surface area contributed by atoms with E-state index in [1.54, 1.807) is 0 Å². The molecule has 1 aliphatic rings. The molecule has 0 aromatic heterocycles. The molecular weight excluding hydrogens is 152 g/mol. The lowest BCUT2D eigenvalue weighted by molar-refractivity contribution is 0.0238. The van der Waals surface area contributed by atoms with Gasteiger partial charge >= 0.3 is 0 Å². The largest absolute Gasteiger partial charge is 0.361 e. The normalized spacial score (nSPS) is 22.4. The first-order valence-corrected chi connectivity index (χ1v) is 4.57. The maximum absolute atomic E-state index is 5.33. The van der Waals surface area contributed by atoms with E-state index in [0.717, 1.165) is 13.2 Å². The molecule has 0 radical (unpaired) electrons. The van der Waals surface area contributed by atoms with Crippen molar-refractivity contribution < 1.29 is 4.74 Å². The molecule has 3 heteroatoms. The lowest BCUT2D eigenvalue weighted by atomic mass is 10.5. The van der Waals surface area contributed by atoms with Crippen molar-refractivity contribution in [2.75, 3.05) is 19.9 Å². The molecule has 0 saturated carbocycles. The molecule has 0 spiro atoms. The van der Waals surface area contributed by atoms with Gasteiger partial charge in [0.15, 0.2) is 0 Å². The Hall–Kier alpha value is -0.700. The zero-order valence-corrected chi connectivity index (χ0v) is 8.16. The van der Waals surface area contributed by atoms with Crippen LogP contribution in [0, 0.1) is 0 Å². The molecular formula is C9H18N2O. The Morgan fingerprint density at radius 1 is 1.25 bits per heavy atom. The Labute approximate surface area is 74.6 Å². The molecule has 1 aliphatic heterocycles. The lowest BCUT2D eigenvalue weighted by Crippen LogP contribution is -2.36. The van der Waals surface area contributed by atoms with E-state index in [9.17, 15) is 0 Å². The van der Waals surface area contributed by atoms with Crippen molar-refractivity contribution in [2.24, 2.45) is 0 Å². The molecule has 0 aliphatic carbocycles. The molecule has 0 amide bonds. The third-order valence-corrected chi connectivity index (χ3v) is 2.22. The molecule has 1 heterocycles. The van der Waals surface area contributed by atoms with Crippen LogP contribution in [-0.2, 0) is 4.74 Å². The zero-order chi connectivity index (χ0) is 8.97. The molecule has 3 nitrogen and oxygen atoms in total. The van der Waals surface area contributed by atoms with Gasteiger partial charge in [0.2, 0.25) is 0 Å². The zero-order valence-electron chi connectivity index (χ0n) is 8.16. The molecule has 0 aromatic carbocycles. The number of hydrogen-bond donors (Lipinski definition) is 0. The van der Waals surface area contributed by atoms with Crippen molar-refractivity contribution in [3.63, 3.8) is 0 Å². The smallest absolute Gasteiger partial charge is 0.120 e. The summed E-state index contributed by atoms with van der Waals surface area (Å²) in [4.78, 5) is 4.46. The van der Waals surface area contributed by atoms with Gasteiger partial charge in [-0.15, -0.1) is 0 Å². The van der Waals surface area contributed by atoms with Crippen LogP contribution in [0.5, 0.6) is 0 Å². The predicted molar refractivity (Wildman–Crippen MR) is 49.3 cm³/mol. The number of hydrogen-bond acceptors (Lipinski definition) is 3. The van der Waals surface area contributed by atoms with E-state index in [1.807, 2.05) is 6.92 Å². The SMILES string of the molecule is CCOCN1C=CN(CC)C1C. The monoisotopic (exact) mass is 170 g/mol. The summed E-state index contributed by atoms with van der Waals surface area (Å²) in [5.41, 5.74) is 0. The lowest BCUT2D eigenvalue weighted by Gasteiger charge is -2.28. The minimum atomic E-state index is 0.446. The number of ether oxygens (including phenoxy) is 1. The molecule has 1 atom stereocenters. The van der Waals surface area contributed by atoms with Crippen molar-refractivity contribution in [1.82, 2.24) is 9.80 Å². The summed E-state index contributed by atoms with van der Waals surface area (Å²) in [7, 11) is 0. The third kappa shape index (κ3) is 1.91. The number of rotatable bonds is 4. The molecule has 0 saturated heterocycles. The van der Waals surface area contributed by atoms with E-state index in [2.05, 4.69) is 36.0 Å². The quantitative estimate of drug-likeness (QED) is 0.635. The molecule has 1 rings (SSSR count). The summed E-state index contributed by atoms with van der Waals surface area (Å²) < 4.78 is 5.33. The van der Waals surface area contributed by atoms with Crippen LogP contribution in [0.15, 0.2) is 12.4 Å². The van der Waals surface area contributed by atoms with Gasteiger partial charge in [0.1, 0.15) is 6.73 Å². The molecule has 0 bridgehead atoms. The van der Waals surface area contributed by atoms with E-state index in [-0.39, 0.29) is 0 Å². The van der Waals surface area contributed by atoms with Gasteiger partial charge in [-0.3, -0.25) is 0 Å². The van der Waals surface area contributed by atoms with Crippen molar-refractivity contribution >= 4 is 0 Å². The van der Waals surface area contributed by atoms with Crippen molar-refractivity contribution in [2.45, 2.75) is 26.9 Å². The van der Waals surface area contributed by atoms with E-state index < -0.39 is 0 Å². The topological polar surface area (TPSA) is 15.7 Å². The fourth-order valence-electron chi connectivity index (χ4n) is 1.33. The fraction of sp³-hybridized carbons (Fsp3) is 0.778. The van der Waals surface area contributed by atoms with Gasteiger partial charge in [0, 0.05) is 25.6 Å². The van der Waals surface area contributed by atoms with Crippen molar-refractivity contribution in [3.05, 3.63) is 12.4 Å². The van der Waals surface area contributed by atoms with Crippen LogP contribution >= 0.6 is 0 Å². The van der Waals surface area contributed by atoms with E-state index in [1.165, 1.54) is 0 Å². The van der Waals surface area contributed by atoms with E-state index in [4.69, 9.17) is 4.74 Å². The summed E-state index contributed by atoms with van der Waals surface area (Å²) in [6.45, 7) is 8.89. The highest BCUT2D eigenvalue weighted by Crippen LogP contribution is 2.13. The average molecular weight is 170 g/mol. The molecule has 0 aromatic rings. The highest BCUT2D eigenvalue weighted by atomic mass is 16.5. The summed E-state index contributed by atoms with van der Waals surface area (Å²) >= 11 is 0. The maximum atomic E-state index is 5.33. The Morgan fingerprint density at radius 2 is 1.92 bits per heavy atom. The van der Waals surface area contributed by atoms with Crippen LogP contribution in [0.1, 0.15) is 20.8 Å². The standard InChI is InChI=1S/C9H18N2O/c1-4-10-6-7-11(9(10)3)8-12-5-2/h6-7,9H,4-5,8H2,1-3H3. The summed E-state index contributed by atoms with van der Waals surface area (Å²) in [5, 5.41) is 0. The van der Waals surface area contributed by atoms with Gasteiger partial charge in [-0.05, 0) is 20.8 Å². The van der Waals surface area contributed by atoms with Crippen molar-refractivity contribution in [1.29, 1.82) is 0 Å². The second-order valence-electron chi connectivity index (χ2n) is 2.90. The molecule has 70 valence electrons.